The number of fused-ring (bicyclic) bond motifs is 2. The van der Waals surface area contributed by atoms with Crippen LogP contribution in [0.5, 0.6) is 34.5 Å². The third-order valence-corrected chi connectivity index (χ3v) is 9.81. The minimum Gasteiger partial charge on any atom is -0.493 e. The van der Waals surface area contributed by atoms with Crippen molar-refractivity contribution < 1.29 is 66.9 Å². The van der Waals surface area contributed by atoms with Gasteiger partial charge >= 0.3 is 17.9 Å². The number of carbonyl (C=O) groups is 4. The van der Waals surface area contributed by atoms with Gasteiger partial charge in [-0.2, -0.15) is 0 Å². The van der Waals surface area contributed by atoms with Gasteiger partial charge in [-0.15, -0.1) is 0 Å². The van der Waals surface area contributed by atoms with Gasteiger partial charge in [-0.1, -0.05) is 39.8 Å². The van der Waals surface area contributed by atoms with Crippen molar-refractivity contribution in [3.8, 4) is 56.8 Å². The second-order valence-corrected chi connectivity index (χ2v) is 17.8. The molecule has 65 heavy (non-hydrogen) atoms. The van der Waals surface area contributed by atoms with E-state index in [0.717, 1.165) is 33.4 Å². The molecule has 352 valence electrons. The molecule has 2 heterocycles. The standard InChI is InChI=1S/C25H30O7.C20H22O6.C5H9ClO/c1-15(2)11-21(26)32-25(3,4)14-31-22-18(9-10-20(28-5)23(22)29-6)16-7-8-19-17(12-16)13-30-24(19)27;1-20(2,22)11-26-17-14(7-8-16(23-3)18(17)24-4)12-5-6-15-13(9-12)10-25-19(15)21;1-4(2)3-5(6)7/h7-10,12,15H,11,13-14H2,1-6H3;5-9,22H,10-11H2,1-4H3;4H,3H2,1-2H3. The minimum absolute atomic E-state index is 0.0794. The Morgan fingerprint density at radius 2 is 1.03 bits per heavy atom. The van der Waals surface area contributed by atoms with Gasteiger partial charge in [0.2, 0.25) is 16.7 Å². The number of cyclic esters (lactones) is 2. The van der Waals surface area contributed by atoms with Crippen molar-refractivity contribution in [3.05, 3.63) is 82.9 Å². The molecule has 0 spiro atoms. The maximum Gasteiger partial charge on any atom is 0.338 e. The third kappa shape index (κ3) is 14.2. The van der Waals surface area contributed by atoms with Crippen LogP contribution in [0.25, 0.3) is 22.3 Å². The van der Waals surface area contributed by atoms with Crippen molar-refractivity contribution >= 4 is 34.8 Å². The lowest BCUT2D eigenvalue weighted by Gasteiger charge is -2.27. The van der Waals surface area contributed by atoms with Gasteiger partial charge in [0.1, 0.15) is 32.0 Å². The molecule has 0 aliphatic carbocycles. The molecule has 0 amide bonds. The van der Waals surface area contributed by atoms with Gasteiger partial charge in [-0.3, -0.25) is 9.59 Å². The number of methoxy groups -OCH3 is 4. The fourth-order valence-electron chi connectivity index (χ4n) is 6.67. The highest BCUT2D eigenvalue weighted by Gasteiger charge is 2.29. The molecule has 0 atom stereocenters. The van der Waals surface area contributed by atoms with Crippen LogP contribution in [0.15, 0.2) is 60.7 Å². The first-order valence-electron chi connectivity index (χ1n) is 21.1. The Kier molecular flexibility index (Phi) is 18.1. The number of esters is 3. The molecule has 0 bridgehead atoms. The summed E-state index contributed by atoms with van der Waals surface area (Å²) in [6, 6.07) is 18.3. The number of carbonyl (C=O) groups excluding carboxylic acids is 4. The van der Waals surface area contributed by atoms with Crippen LogP contribution in [0.1, 0.15) is 100 Å². The Bertz CT molecular complexity index is 2330. The summed E-state index contributed by atoms with van der Waals surface area (Å²) < 4.78 is 49.8. The molecule has 0 saturated carbocycles. The largest absolute Gasteiger partial charge is 0.493 e. The Morgan fingerprint density at radius 1 is 0.615 bits per heavy atom. The van der Waals surface area contributed by atoms with Gasteiger partial charge in [-0.25, -0.2) is 9.59 Å². The second kappa shape index (κ2) is 22.8. The van der Waals surface area contributed by atoms with Crippen LogP contribution in [-0.4, -0.2) is 81.1 Å². The molecule has 15 heteroatoms. The van der Waals surface area contributed by atoms with Gasteiger partial charge < -0.3 is 47.7 Å². The van der Waals surface area contributed by atoms with E-state index in [1.165, 1.54) is 14.2 Å². The summed E-state index contributed by atoms with van der Waals surface area (Å²) >= 11 is 5.03. The number of ether oxygens (including phenoxy) is 9. The summed E-state index contributed by atoms with van der Waals surface area (Å²) in [5, 5.41) is 9.79. The molecule has 6 rings (SSSR count). The number of halogens is 1. The molecule has 4 aromatic rings. The molecule has 0 unspecified atom stereocenters. The van der Waals surface area contributed by atoms with Gasteiger partial charge in [0.25, 0.3) is 0 Å². The quantitative estimate of drug-likeness (QED) is 0.0603. The van der Waals surface area contributed by atoms with Crippen molar-refractivity contribution in [3.63, 3.8) is 0 Å². The first-order valence-corrected chi connectivity index (χ1v) is 21.5. The average Bonchev–Trinajstić information content (AvgIpc) is 3.80. The highest BCUT2D eigenvalue weighted by atomic mass is 35.5. The van der Waals surface area contributed by atoms with Crippen LogP contribution in [-0.2, 0) is 37.0 Å². The van der Waals surface area contributed by atoms with Crippen molar-refractivity contribution in [2.75, 3.05) is 41.7 Å². The number of hydrogen-bond donors (Lipinski definition) is 1. The minimum atomic E-state index is -1.01. The topological polar surface area (TPSA) is 172 Å². The summed E-state index contributed by atoms with van der Waals surface area (Å²) in [6.07, 6.45) is 0.828. The lowest BCUT2D eigenvalue weighted by atomic mass is 9.99. The van der Waals surface area contributed by atoms with Gasteiger partial charge in [0, 0.05) is 35.1 Å². The number of benzene rings is 4. The predicted molar refractivity (Wildman–Crippen MR) is 245 cm³/mol. The fraction of sp³-hybridized carbons (Fsp3) is 0.440. The normalized spacial score (nSPS) is 12.7. The van der Waals surface area contributed by atoms with Crippen molar-refractivity contribution in [1.29, 1.82) is 0 Å². The van der Waals surface area contributed by atoms with Crippen LogP contribution in [0.3, 0.4) is 0 Å². The van der Waals surface area contributed by atoms with Crippen LogP contribution < -0.4 is 28.4 Å². The van der Waals surface area contributed by atoms with E-state index in [1.54, 1.807) is 66.2 Å². The Balaban J connectivity index is 0.000000252. The molecule has 14 nitrogen and oxygen atoms in total. The van der Waals surface area contributed by atoms with E-state index in [9.17, 15) is 24.3 Å². The smallest absolute Gasteiger partial charge is 0.338 e. The van der Waals surface area contributed by atoms with Crippen LogP contribution in [0.4, 0.5) is 0 Å². The van der Waals surface area contributed by atoms with E-state index >= 15 is 0 Å². The maximum atomic E-state index is 12.2. The Hall–Kier alpha value is -5.99. The molecular weight excluding hydrogens is 860 g/mol. The summed E-state index contributed by atoms with van der Waals surface area (Å²) in [5.41, 5.74) is 4.15. The summed E-state index contributed by atoms with van der Waals surface area (Å²) in [7, 11) is 6.18. The molecule has 0 aromatic heterocycles. The van der Waals surface area contributed by atoms with E-state index < -0.39 is 11.2 Å². The van der Waals surface area contributed by atoms with Gasteiger partial charge in [0.05, 0.1) is 45.2 Å². The highest BCUT2D eigenvalue weighted by Crippen LogP contribution is 2.47. The van der Waals surface area contributed by atoms with Crippen LogP contribution in [0, 0.1) is 11.8 Å². The molecule has 2 aliphatic heterocycles. The monoisotopic (exact) mass is 920 g/mol. The van der Waals surface area contributed by atoms with Gasteiger partial charge in [-0.05, 0) is 111 Å². The van der Waals surface area contributed by atoms with E-state index in [1.807, 2.05) is 64.1 Å². The summed E-state index contributed by atoms with van der Waals surface area (Å²) in [4.78, 5) is 45.7. The Morgan fingerprint density at radius 3 is 1.38 bits per heavy atom. The zero-order valence-corrected chi connectivity index (χ0v) is 40.1. The third-order valence-electron chi connectivity index (χ3n) is 9.66. The molecule has 1 N–H and O–H groups in total. The zero-order chi connectivity index (χ0) is 48.2. The lowest BCUT2D eigenvalue weighted by molar-refractivity contribution is -0.160. The van der Waals surface area contributed by atoms with Crippen molar-refractivity contribution in [1.82, 2.24) is 0 Å². The number of rotatable bonds is 17. The first-order chi connectivity index (χ1) is 30.6. The van der Waals surface area contributed by atoms with E-state index in [4.69, 9.17) is 54.2 Å². The maximum absolute atomic E-state index is 12.2. The molecule has 0 saturated heterocycles. The molecule has 4 aromatic carbocycles. The molecule has 2 aliphatic rings. The SMILES string of the molecule is CC(C)CC(=O)Cl.COc1ccc(-c2ccc3c(c2)COC3=O)c(OCC(C)(C)O)c1OC.COc1ccc(-c2ccc3c(c2)COC3=O)c(OCC(C)(C)OC(=O)CC(C)C)c1OC. The predicted octanol–water partition coefficient (Wildman–Crippen LogP) is 9.78. The number of aliphatic hydroxyl groups is 1. The second-order valence-electron chi connectivity index (χ2n) is 17.4. The van der Waals surface area contributed by atoms with Crippen molar-refractivity contribution in [2.24, 2.45) is 11.8 Å². The molecular formula is C50H61ClO14. The summed E-state index contributed by atoms with van der Waals surface area (Å²) in [6.45, 7) is 15.5. The summed E-state index contributed by atoms with van der Waals surface area (Å²) in [5.74, 6) is 2.56. The van der Waals surface area contributed by atoms with E-state index in [-0.39, 0.29) is 55.5 Å². The average molecular weight is 921 g/mol. The van der Waals surface area contributed by atoms with Crippen LogP contribution >= 0.6 is 11.6 Å². The zero-order valence-electron chi connectivity index (χ0n) is 39.3. The lowest BCUT2D eigenvalue weighted by Crippen LogP contribution is -2.35. The van der Waals surface area contributed by atoms with Crippen LogP contribution in [0.2, 0.25) is 0 Å². The van der Waals surface area contributed by atoms with Crippen molar-refractivity contribution in [2.45, 2.75) is 92.6 Å². The Labute approximate surface area is 386 Å². The fourth-order valence-corrected chi connectivity index (χ4v) is 6.98. The highest BCUT2D eigenvalue weighted by molar-refractivity contribution is 6.63. The number of hydrogen-bond acceptors (Lipinski definition) is 14. The van der Waals surface area contributed by atoms with Gasteiger partial charge in [0.15, 0.2) is 23.0 Å². The van der Waals surface area contributed by atoms with E-state index in [0.29, 0.717) is 64.4 Å². The van der Waals surface area contributed by atoms with E-state index in [2.05, 4.69) is 0 Å². The molecule has 0 fully saturated rings. The molecule has 0 radical (unpaired) electrons. The first kappa shape index (κ1) is 51.6.